The number of aromatic nitrogens is 2. The van der Waals surface area contributed by atoms with E-state index < -0.39 is 0 Å². The number of benzene rings is 1. The number of ether oxygens (including phenoxy) is 1. The third-order valence-electron chi connectivity index (χ3n) is 3.41. The molecular weight excluding hydrogens is 254 g/mol. The maximum Gasteiger partial charge on any atom is 0.137 e. The second kappa shape index (κ2) is 6.15. The zero-order chi connectivity index (χ0) is 14.6. The summed E-state index contributed by atoms with van der Waals surface area (Å²) in [5.74, 6) is 0.770. The maximum atomic E-state index is 9.24. The van der Waals surface area contributed by atoms with Crippen LogP contribution in [0.1, 0.15) is 18.9 Å². The SMILES string of the molecule is COC[C@@](C)(CCO)Nc1ncnc2c(C)cccc12. The number of fused-ring (bicyclic) bond motifs is 1. The van der Waals surface area contributed by atoms with Gasteiger partial charge in [0.05, 0.1) is 17.7 Å². The van der Waals surface area contributed by atoms with Crippen molar-refractivity contribution in [3.05, 3.63) is 30.1 Å². The van der Waals surface area contributed by atoms with Gasteiger partial charge in [0, 0.05) is 19.1 Å². The molecule has 2 N–H and O–H groups in total. The molecule has 0 fully saturated rings. The lowest BCUT2D eigenvalue weighted by molar-refractivity contribution is 0.131. The first-order chi connectivity index (χ1) is 9.59. The molecular formula is C15H21N3O2. The molecule has 20 heavy (non-hydrogen) atoms. The van der Waals surface area contributed by atoms with Crippen molar-refractivity contribution >= 4 is 16.7 Å². The van der Waals surface area contributed by atoms with Crippen LogP contribution in [0.15, 0.2) is 24.5 Å². The number of nitrogens with zero attached hydrogens (tertiary/aromatic N) is 2. The average molecular weight is 275 g/mol. The molecule has 1 heterocycles. The molecule has 0 spiro atoms. The highest BCUT2D eigenvalue weighted by atomic mass is 16.5. The van der Waals surface area contributed by atoms with E-state index in [4.69, 9.17) is 4.74 Å². The van der Waals surface area contributed by atoms with Crippen LogP contribution in [0.5, 0.6) is 0 Å². The highest BCUT2D eigenvalue weighted by Crippen LogP contribution is 2.25. The minimum absolute atomic E-state index is 0.0922. The van der Waals surface area contributed by atoms with Crippen molar-refractivity contribution in [2.45, 2.75) is 25.8 Å². The Morgan fingerprint density at radius 1 is 1.35 bits per heavy atom. The van der Waals surface area contributed by atoms with Gasteiger partial charge in [0.1, 0.15) is 12.1 Å². The van der Waals surface area contributed by atoms with Crippen LogP contribution in [-0.4, -0.2) is 40.9 Å². The largest absolute Gasteiger partial charge is 0.396 e. The van der Waals surface area contributed by atoms with Crippen molar-refractivity contribution in [1.82, 2.24) is 9.97 Å². The molecule has 1 aromatic carbocycles. The second-order valence-corrected chi connectivity index (χ2v) is 5.29. The Bertz CT molecular complexity index is 580. The Morgan fingerprint density at radius 2 is 2.15 bits per heavy atom. The number of rotatable bonds is 6. The summed E-state index contributed by atoms with van der Waals surface area (Å²) in [7, 11) is 1.65. The first-order valence-electron chi connectivity index (χ1n) is 6.68. The Labute approximate surface area is 119 Å². The van der Waals surface area contributed by atoms with E-state index in [9.17, 15) is 5.11 Å². The van der Waals surface area contributed by atoms with E-state index in [1.54, 1.807) is 13.4 Å². The van der Waals surface area contributed by atoms with Gasteiger partial charge in [0.2, 0.25) is 0 Å². The van der Waals surface area contributed by atoms with Gasteiger partial charge >= 0.3 is 0 Å². The zero-order valence-corrected chi connectivity index (χ0v) is 12.2. The van der Waals surface area contributed by atoms with Crippen molar-refractivity contribution in [1.29, 1.82) is 0 Å². The van der Waals surface area contributed by atoms with Crippen molar-refractivity contribution < 1.29 is 9.84 Å². The van der Waals surface area contributed by atoms with E-state index in [1.165, 1.54) is 0 Å². The molecule has 0 aliphatic carbocycles. The van der Waals surface area contributed by atoms with Crippen LogP contribution in [0.25, 0.3) is 10.9 Å². The molecule has 1 atom stereocenters. The number of methoxy groups -OCH3 is 1. The second-order valence-electron chi connectivity index (χ2n) is 5.29. The topological polar surface area (TPSA) is 67.3 Å². The normalized spacial score (nSPS) is 14.2. The Kier molecular flexibility index (Phi) is 4.52. The first kappa shape index (κ1) is 14.7. The fraction of sp³-hybridized carbons (Fsp3) is 0.467. The summed E-state index contributed by atoms with van der Waals surface area (Å²) in [5, 5.41) is 13.6. The lowest BCUT2D eigenvalue weighted by Gasteiger charge is -2.30. The summed E-state index contributed by atoms with van der Waals surface area (Å²) < 4.78 is 5.25. The number of para-hydroxylation sites is 1. The molecule has 0 bridgehead atoms. The van der Waals surface area contributed by atoms with Crippen LogP contribution in [-0.2, 0) is 4.74 Å². The van der Waals surface area contributed by atoms with Gasteiger partial charge in [-0.1, -0.05) is 12.1 Å². The molecule has 0 saturated heterocycles. The van der Waals surface area contributed by atoms with Gasteiger partial charge in [-0.2, -0.15) is 0 Å². The van der Waals surface area contributed by atoms with Crippen LogP contribution < -0.4 is 5.32 Å². The molecule has 0 unspecified atom stereocenters. The Balaban J connectivity index is 2.40. The number of hydrogen-bond donors (Lipinski definition) is 2. The molecule has 108 valence electrons. The van der Waals surface area contributed by atoms with E-state index in [1.807, 2.05) is 32.0 Å². The van der Waals surface area contributed by atoms with Crippen LogP contribution >= 0.6 is 0 Å². The van der Waals surface area contributed by atoms with Gasteiger partial charge in [-0.15, -0.1) is 0 Å². The fourth-order valence-electron chi connectivity index (χ4n) is 2.36. The van der Waals surface area contributed by atoms with Gasteiger partial charge in [0.15, 0.2) is 0 Å². The van der Waals surface area contributed by atoms with Gasteiger partial charge in [-0.3, -0.25) is 0 Å². The molecule has 0 amide bonds. The third kappa shape index (κ3) is 3.05. The van der Waals surface area contributed by atoms with E-state index in [0.717, 1.165) is 22.3 Å². The van der Waals surface area contributed by atoms with Crippen molar-refractivity contribution in [2.75, 3.05) is 25.6 Å². The number of nitrogens with one attached hydrogen (secondary N) is 1. The van der Waals surface area contributed by atoms with Crippen molar-refractivity contribution in [3.8, 4) is 0 Å². The van der Waals surface area contributed by atoms with E-state index >= 15 is 0 Å². The van der Waals surface area contributed by atoms with E-state index in [2.05, 4.69) is 15.3 Å². The fourth-order valence-corrected chi connectivity index (χ4v) is 2.36. The summed E-state index contributed by atoms with van der Waals surface area (Å²) >= 11 is 0. The quantitative estimate of drug-likeness (QED) is 0.845. The summed E-state index contributed by atoms with van der Waals surface area (Å²) in [4.78, 5) is 8.67. The molecule has 0 aliphatic heterocycles. The van der Waals surface area contributed by atoms with Gasteiger partial charge in [-0.05, 0) is 31.9 Å². The van der Waals surface area contributed by atoms with E-state index in [-0.39, 0.29) is 12.1 Å². The number of anilines is 1. The van der Waals surface area contributed by atoms with Gasteiger partial charge in [-0.25, -0.2) is 9.97 Å². The zero-order valence-electron chi connectivity index (χ0n) is 12.2. The highest BCUT2D eigenvalue weighted by Gasteiger charge is 2.24. The molecule has 0 saturated carbocycles. The van der Waals surface area contributed by atoms with Gasteiger partial charge in [0.25, 0.3) is 0 Å². The van der Waals surface area contributed by atoms with Crippen LogP contribution in [0.3, 0.4) is 0 Å². The minimum Gasteiger partial charge on any atom is -0.396 e. The summed E-state index contributed by atoms with van der Waals surface area (Å²) in [5.41, 5.74) is 1.69. The van der Waals surface area contributed by atoms with Crippen LogP contribution in [0, 0.1) is 6.92 Å². The highest BCUT2D eigenvalue weighted by molar-refractivity contribution is 5.91. The summed E-state index contributed by atoms with van der Waals surface area (Å²) in [6.07, 6.45) is 2.14. The smallest absolute Gasteiger partial charge is 0.137 e. The summed E-state index contributed by atoms with van der Waals surface area (Å²) in [6, 6.07) is 6.02. The van der Waals surface area contributed by atoms with Crippen LogP contribution in [0.2, 0.25) is 0 Å². The first-order valence-corrected chi connectivity index (χ1v) is 6.68. The molecule has 0 aliphatic rings. The standard InChI is InChI=1S/C15H21N3O2/c1-11-5-4-6-12-13(11)16-10-17-14(12)18-15(2,7-8-19)9-20-3/h4-6,10,19H,7-9H2,1-3H3,(H,16,17,18)/t15-/m1/s1. The Hall–Kier alpha value is -1.72. The molecule has 1 aromatic heterocycles. The average Bonchev–Trinajstić information content (AvgIpc) is 2.40. The molecule has 5 heteroatoms. The predicted molar refractivity (Wildman–Crippen MR) is 79.9 cm³/mol. The maximum absolute atomic E-state index is 9.24. The monoisotopic (exact) mass is 275 g/mol. The molecule has 0 radical (unpaired) electrons. The Morgan fingerprint density at radius 3 is 2.85 bits per heavy atom. The molecule has 2 rings (SSSR count). The van der Waals surface area contributed by atoms with Crippen LogP contribution in [0.4, 0.5) is 5.82 Å². The minimum atomic E-state index is -0.367. The number of aliphatic hydroxyl groups is 1. The number of aliphatic hydroxyl groups excluding tert-OH is 1. The van der Waals surface area contributed by atoms with Crippen molar-refractivity contribution in [3.63, 3.8) is 0 Å². The lowest BCUT2D eigenvalue weighted by atomic mass is 9.99. The summed E-state index contributed by atoms with van der Waals surface area (Å²) in [6.45, 7) is 4.62. The third-order valence-corrected chi connectivity index (χ3v) is 3.41. The molecule has 2 aromatic rings. The molecule has 5 nitrogen and oxygen atoms in total. The van der Waals surface area contributed by atoms with E-state index in [0.29, 0.717) is 13.0 Å². The number of aryl methyl sites for hydroxylation is 1. The van der Waals surface area contributed by atoms with Gasteiger partial charge < -0.3 is 15.2 Å². The van der Waals surface area contributed by atoms with Crippen molar-refractivity contribution in [2.24, 2.45) is 0 Å². The lowest BCUT2D eigenvalue weighted by Crippen LogP contribution is -2.40. The number of hydrogen-bond acceptors (Lipinski definition) is 5. The predicted octanol–water partition coefficient (Wildman–Crippen LogP) is 2.14.